The number of nitrogens with zero attached hydrogens (tertiary/aromatic N) is 1. The number of benzene rings is 3. The normalized spacial score (nSPS) is 13.2. The van der Waals surface area contributed by atoms with E-state index in [2.05, 4.69) is 65.7 Å². The summed E-state index contributed by atoms with van der Waals surface area (Å²) in [5, 5.41) is 2.14. The maximum Gasteiger partial charge on any atom is 0.255 e. The second kappa shape index (κ2) is 8.52. The van der Waals surface area contributed by atoms with Crippen LogP contribution in [-0.2, 0) is 19.4 Å². The topological polar surface area (TPSA) is 20.3 Å². The molecule has 0 saturated carbocycles. The minimum absolute atomic E-state index is 0.114. The minimum atomic E-state index is 0.114. The average molecular weight is 424 g/mol. The van der Waals surface area contributed by atoms with Crippen molar-refractivity contribution >= 4 is 17.2 Å². The Bertz CT molecular complexity index is 1190. The summed E-state index contributed by atoms with van der Waals surface area (Å²) in [6, 6.07) is 29.3. The van der Waals surface area contributed by atoms with Crippen LogP contribution in [0.15, 0.2) is 90.3 Å². The fourth-order valence-electron chi connectivity index (χ4n) is 4.51. The second-order valence-electron chi connectivity index (χ2n) is 8.28. The lowest BCUT2D eigenvalue weighted by molar-refractivity contribution is 0.0668. The summed E-state index contributed by atoms with van der Waals surface area (Å²) in [7, 11) is 0. The van der Waals surface area contributed by atoms with Gasteiger partial charge in [-0.25, -0.2) is 0 Å². The van der Waals surface area contributed by atoms with Crippen LogP contribution in [0.4, 0.5) is 0 Å². The number of amides is 1. The van der Waals surface area contributed by atoms with Gasteiger partial charge in [0.1, 0.15) is 0 Å². The zero-order valence-electron chi connectivity index (χ0n) is 17.6. The molecule has 1 amide bonds. The van der Waals surface area contributed by atoms with Gasteiger partial charge in [-0.1, -0.05) is 72.8 Å². The van der Waals surface area contributed by atoms with E-state index in [9.17, 15) is 4.79 Å². The third-order valence-corrected chi connectivity index (χ3v) is 7.16. The van der Waals surface area contributed by atoms with Gasteiger partial charge in [0, 0.05) is 28.6 Å². The molecule has 1 heterocycles. The number of aryl methyl sites for hydroxylation is 1. The van der Waals surface area contributed by atoms with E-state index in [1.54, 1.807) is 11.3 Å². The van der Waals surface area contributed by atoms with E-state index in [-0.39, 0.29) is 11.9 Å². The van der Waals surface area contributed by atoms with Gasteiger partial charge in [-0.05, 0) is 59.5 Å². The van der Waals surface area contributed by atoms with Gasteiger partial charge < -0.3 is 4.90 Å². The zero-order chi connectivity index (χ0) is 21.2. The molecule has 1 aromatic heterocycles. The van der Waals surface area contributed by atoms with Gasteiger partial charge in [-0.2, -0.15) is 0 Å². The molecule has 1 aliphatic rings. The monoisotopic (exact) mass is 423 g/mol. The van der Waals surface area contributed by atoms with Crippen molar-refractivity contribution < 1.29 is 4.79 Å². The molecule has 0 spiro atoms. The second-order valence-corrected chi connectivity index (χ2v) is 9.19. The van der Waals surface area contributed by atoms with Crippen LogP contribution < -0.4 is 0 Å². The number of rotatable bonds is 5. The molecule has 0 bridgehead atoms. The van der Waals surface area contributed by atoms with Crippen LogP contribution in [0.5, 0.6) is 0 Å². The average Bonchev–Trinajstić information content (AvgIpc) is 3.44. The van der Waals surface area contributed by atoms with Gasteiger partial charge in [0.15, 0.2) is 0 Å². The lowest BCUT2D eigenvalue weighted by Gasteiger charge is -2.30. The van der Waals surface area contributed by atoms with Crippen molar-refractivity contribution in [1.82, 2.24) is 4.90 Å². The minimum Gasteiger partial charge on any atom is -0.331 e. The molecule has 4 aromatic rings. The molecule has 0 radical (unpaired) electrons. The van der Waals surface area contributed by atoms with Gasteiger partial charge >= 0.3 is 0 Å². The summed E-state index contributed by atoms with van der Waals surface area (Å²) in [5.74, 6) is 0.114. The van der Waals surface area contributed by atoms with Crippen molar-refractivity contribution in [3.05, 3.63) is 118 Å². The Hall–Kier alpha value is -3.17. The van der Waals surface area contributed by atoms with Crippen molar-refractivity contribution in [2.24, 2.45) is 0 Å². The highest BCUT2D eigenvalue weighted by atomic mass is 32.1. The number of fused-ring (bicyclic) bond motifs is 1. The molecular weight excluding hydrogens is 398 g/mol. The number of carbonyl (C=O) groups excluding carboxylic acids is 1. The van der Waals surface area contributed by atoms with Crippen molar-refractivity contribution in [2.45, 2.75) is 32.4 Å². The van der Waals surface area contributed by atoms with Crippen LogP contribution >= 0.6 is 11.3 Å². The summed E-state index contributed by atoms with van der Waals surface area (Å²) in [4.78, 5) is 17.3. The van der Waals surface area contributed by atoms with Gasteiger partial charge in [-0.15, -0.1) is 11.3 Å². The Labute approximate surface area is 187 Å². The van der Waals surface area contributed by atoms with E-state index in [1.165, 1.54) is 16.7 Å². The Kier molecular flexibility index (Phi) is 5.44. The first kappa shape index (κ1) is 19.8. The fraction of sp³-hybridized carbons (Fsp3) is 0.179. The first-order valence-electron chi connectivity index (χ1n) is 10.8. The number of hydrogen-bond acceptors (Lipinski definition) is 2. The maximum atomic E-state index is 14.0. The van der Waals surface area contributed by atoms with Crippen LogP contribution in [0, 0.1) is 6.92 Å². The zero-order valence-corrected chi connectivity index (χ0v) is 18.4. The van der Waals surface area contributed by atoms with E-state index in [0.29, 0.717) is 6.54 Å². The highest BCUT2D eigenvalue weighted by Crippen LogP contribution is 2.33. The molecule has 0 saturated heterocycles. The third-order valence-electron chi connectivity index (χ3n) is 6.08. The molecule has 0 unspecified atom stereocenters. The lowest BCUT2D eigenvalue weighted by atomic mass is 10.0. The summed E-state index contributed by atoms with van der Waals surface area (Å²) in [6.07, 6.45) is 1.82. The van der Waals surface area contributed by atoms with Gasteiger partial charge in [-0.3, -0.25) is 4.79 Å². The summed E-state index contributed by atoms with van der Waals surface area (Å²) in [5.41, 5.74) is 6.93. The molecule has 31 heavy (non-hydrogen) atoms. The molecule has 5 rings (SSSR count). The smallest absolute Gasteiger partial charge is 0.255 e. The van der Waals surface area contributed by atoms with Gasteiger partial charge in [0.2, 0.25) is 0 Å². The number of thiophene rings is 1. The Morgan fingerprint density at radius 2 is 1.55 bits per heavy atom. The van der Waals surface area contributed by atoms with Crippen LogP contribution in [0.25, 0.3) is 10.4 Å². The molecule has 3 aromatic carbocycles. The van der Waals surface area contributed by atoms with E-state index in [1.807, 2.05) is 36.4 Å². The van der Waals surface area contributed by atoms with Gasteiger partial charge in [0.25, 0.3) is 5.91 Å². The van der Waals surface area contributed by atoms with E-state index >= 15 is 0 Å². The molecule has 1 aliphatic carbocycles. The molecule has 0 fully saturated rings. The Balaban J connectivity index is 1.52. The lowest BCUT2D eigenvalue weighted by Crippen LogP contribution is -2.40. The van der Waals surface area contributed by atoms with Crippen LogP contribution in [0.3, 0.4) is 0 Å². The SMILES string of the molecule is Cc1csc(-c2ccccc2C(=O)N(Cc2ccccc2)C2Cc3ccccc3C2)c1. The fourth-order valence-corrected chi connectivity index (χ4v) is 5.45. The number of carbonyl (C=O) groups is 1. The molecule has 3 heteroatoms. The molecule has 0 aliphatic heterocycles. The largest absolute Gasteiger partial charge is 0.331 e. The van der Waals surface area contributed by atoms with Crippen LogP contribution in [0.1, 0.15) is 32.6 Å². The predicted octanol–water partition coefficient (Wildman–Crippen LogP) is 6.53. The van der Waals surface area contributed by atoms with Crippen molar-refractivity contribution in [2.75, 3.05) is 0 Å². The maximum absolute atomic E-state index is 14.0. The Morgan fingerprint density at radius 1 is 0.903 bits per heavy atom. The first-order valence-corrected chi connectivity index (χ1v) is 11.6. The first-order chi connectivity index (χ1) is 15.2. The Morgan fingerprint density at radius 3 is 2.23 bits per heavy atom. The van der Waals surface area contributed by atoms with Crippen molar-refractivity contribution in [3.63, 3.8) is 0 Å². The summed E-state index contributed by atoms with van der Waals surface area (Å²) >= 11 is 1.70. The van der Waals surface area contributed by atoms with E-state index < -0.39 is 0 Å². The molecule has 0 N–H and O–H groups in total. The standard InChI is InChI=1S/C28H25NOS/c1-20-15-27(31-19-20)25-13-7-8-14-26(25)28(30)29(18-21-9-3-2-4-10-21)24-16-22-11-5-6-12-23(22)17-24/h2-15,19,24H,16-18H2,1H3. The molecule has 0 atom stereocenters. The number of hydrogen-bond donors (Lipinski definition) is 0. The summed E-state index contributed by atoms with van der Waals surface area (Å²) < 4.78 is 0. The highest BCUT2D eigenvalue weighted by Gasteiger charge is 2.31. The van der Waals surface area contributed by atoms with Crippen LogP contribution in [-0.4, -0.2) is 16.8 Å². The summed E-state index contributed by atoms with van der Waals surface area (Å²) in [6.45, 7) is 2.72. The molecule has 2 nitrogen and oxygen atoms in total. The quantitative estimate of drug-likeness (QED) is 0.357. The highest BCUT2D eigenvalue weighted by molar-refractivity contribution is 7.13. The van der Waals surface area contributed by atoms with E-state index in [4.69, 9.17) is 0 Å². The van der Waals surface area contributed by atoms with Crippen molar-refractivity contribution in [1.29, 1.82) is 0 Å². The van der Waals surface area contributed by atoms with Crippen LogP contribution in [0.2, 0.25) is 0 Å². The van der Waals surface area contributed by atoms with Gasteiger partial charge in [0.05, 0.1) is 0 Å². The molecule has 154 valence electrons. The predicted molar refractivity (Wildman–Crippen MR) is 128 cm³/mol. The van der Waals surface area contributed by atoms with E-state index in [0.717, 1.165) is 34.4 Å². The van der Waals surface area contributed by atoms with Crippen molar-refractivity contribution in [3.8, 4) is 10.4 Å². The molecular formula is C28H25NOS. The third kappa shape index (κ3) is 4.06.